The topological polar surface area (TPSA) is 35.2 Å². The van der Waals surface area contributed by atoms with Crippen LogP contribution < -0.4 is 5.73 Å². The molecule has 0 amide bonds. The van der Waals surface area contributed by atoms with Crippen molar-refractivity contribution in [3.63, 3.8) is 0 Å². The van der Waals surface area contributed by atoms with E-state index in [0.717, 1.165) is 12.3 Å². The third-order valence-electron chi connectivity index (χ3n) is 1.70. The number of nitrogens with two attached hydrogens (primary N) is 1. The van der Waals surface area contributed by atoms with Gasteiger partial charge in [0.15, 0.2) is 0 Å². The molecule has 1 aromatic carbocycles. The molecule has 0 spiro atoms. The number of aryl methyl sites for hydroxylation is 1. The molecule has 0 aliphatic carbocycles. The van der Waals surface area contributed by atoms with Gasteiger partial charge in [0.05, 0.1) is 5.94 Å². The zero-order valence-electron chi connectivity index (χ0n) is 8.04. The first-order chi connectivity index (χ1) is 6.24. The normalized spacial score (nSPS) is 10.3. The molecule has 72 valence electrons. The van der Waals surface area contributed by atoms with Crippen LogP contribution in [0.5, 0.6) is 0 Å². The molecule has 1 aromatic rings. The van der Waals surface area contributed by atoms with Crippen LogP contribution in [0.4, 0.5) is 5.69 Å². The molecular formula is C10H15NOS. The summed E-state index contributed by atoms with van der Waals surface area (Å²) < 4.78 is 5.25. The molecule has 0 bridgehead atoms. The summed E-state index contributed by atoms with van der Waals surface area (Å²) in [6, 6.07) is 5.93. The van der Waals surface area contributed by atoms with Crippen LogP contribution in [0.2, 0.25) is 0 Å². The van der Waals surface area contributed by atoms with Crippen molar-refractivity contribution in [2.45, 2.75) is 18.7 Å². The number of benzene rings is 1. The highest BCUT2D eigenvalue weighted by Gasteiger charge is 1.98. The summed E-state index contributed by atoms with van der Waals surface area (Å²) in [5.74, 6) is 0.710. The van der Waals surface area contributed by atoms with Gasteiger partial charge >= 0.3 is 0 Å². The summed E-state index contributed by atoms with van der Waals surface area (Å²) in [5, 5.41) is 0. The molecular weight excluding hydrogens is 182 g/mol. The van der Waals surface area contributed by atoms with Crippen LogP contribution in [0, 0.1) is 6.92 Å². The van der Waals surface area contributed by atoms with E-state index < -0.39 is 0 Å². The summed E-state index contributed by atoms with van der Waals surface area (Å²) in [4.78, 5) is 1.24. The Morgan fingerprint density at radius 1 is 1.46 bits per heavy atom. The van der Waals surface area contributed by atoms with E-state index in [1.54, 1.807) is 11.8 Å². The molecule has 0 aliphatic heterocycles. The van der Waals surface area contributed by atoms with Crippen molar-refractivity contribution in [2.75, 3.05) is 18.3 Å². The highest BCUT2D eigenvalue weighted by atomic mass is 32.2. The number of hydrogen-bond acceptors (Lipinski definition) is 3. The smallest absolute Gasteiger partial charge is 0.0966 e. The summed E-state index contributed by atoms with van der Waals surface area (Å²) in [6.45, 7) is 4.82. The zero-order chi connectivity index (χ0) is 9.68. The first kappa shape index (κ1) is 10.4. The number of ether oxygens (including phenoxy) is 1. The van der Waals surface area contributed by atoms with Gasteiger partial charge in [-0.05, 0) is 37.6 Å². The molecule has 0 aliphatic rings. The molecule has 0 radical (unpaired) electrons. The van der Waals surface area contributed by atoms with Gasteiger partial charge in [-0.1, -0.05) is 11.8 Å². The van der Waals surface area contributed by atoms with Crippen LogP contribution in [-0.4, -0.2) is 12.5 Å². The van der Waals surface area contributed by atoms with Crippen LogP contribution in [0.3, 0.4) is 0 Å². The minimum Gasteiger partial charge on any atom is -0.399 e. The van der Waals surface area contributed by atoms with Gasteiger partial charge in [0.1, 0.15) is 0 Å². The third kappa shape index (κ3) is 3.28. The largest absolute Gasteiger partial charge is 0.399 e. The highest BCUT2D eigenvalue weighted by Crippen LogP contribution is 2.23. The number of thioether (sulfide) groups is 1. The lowest BCUT2D eigenvalue weighted by molar-refractivity contribution is 0.199. The standard InChI is InChI=1S/C10H15NOS/c1-3-12-7-13-10-5-4-9(11)6-8(10)2/h4-6H,3,7,11H2,1-2H3. The number of hydrogen-bond donors (Lipinski definition) is 1. The molecule has 0 unspecified atom stereocenters. The first-order valence-corrected chi connectivity index (χ1v) is 5.29. The third-order valence-corrected chi connectivity index (χ3v) is 2.75. The van der Waals surface area contributed by atoms with Gasteiger partial charge in [0.2, 0.25) is 0 Å². The van der Waals surface area contributed by atoms with E-state index in [4.69, 9.17) is 10.5 Å². The second kappa shape index (κ2) is 5.14. The number of rotatable bonds is 4. The van der Waals surface area contributed by atoms with Crippen molar-refractivity contribution in [3.8, 4) is 0 Å². The number of nitrogen functional groups attached to an aromatic ring is 1. The van der Waals surface area contributed by atoms with Crippen LogP contribution in [0.15, 0.2) is 23.1 Å². The monoisotopic (exact) mass is 197 g/mol. The van der Waals surface area contributed by atoms with Crippen molar-refractivity contribution in [2.24, 2.45) is 0 Å². The van der Waals surface area contributed by atoms with E-state index in [-0.39, 0.29) is 0 Å². The lowest BCUT2D eigenvalue weighted by Gasteiger charge is -2.05. The maximum Gasteiger partial charge on any atom is 0.0966 e. The lowest BCUT2D eigenvalue weighted by Crippen LogP contribution is -1.91. The number of anilines is 1. The summed E-state index contributed by atoms with van der Waals surface area (Å²) in [6.07, 6.45) is 0. The Hall–Kier alpha value is -0.670. The molecule has 0 saturated carbocycles. The van der Waals surface area contributed by atoms with Crippen molar-refractivity contribution in [3.05, 3.63) is 23.8 Å². The molecule has 2 nitrogen and oxygen atoms in total. The van der Waals surface area contributed by atoms with E-state index in [9.17, 15) is 0 Å². The van der Waals surface area contributed by atoms with Crippen molar-refractivity contribution >= 4 is 17.4 Å². The Labute approximate surface area is 83.5 Å². The van der Waals surface area contributed by atoms with E-state index >= 15 is 0 Å². The quantitative estimate of drug-likeness (QED) is 0.349. The molecule has 13 heavy (non-hydrogen) atoms. The van der Waals surface area contributed by atoms with E-state index in [0.29, 0.717) is 5.94 Å². The van der Waals surface area contributed by atoms with Crippen molar-refractivity contribution in [1.82, 2.24) is 0 Å². The average molecular weight is 197 g/mol. The fourth-order valence-electron chi connectivity index (χ4n) is 1.02. The minimum absolute atomic E-state index is 0.710. The van der Waals surface area contributed by atoms with Crippen LogP contribution in [0.1, 0.15) is 12.5 Å². The van der Waals surface area contributed by atoms with E-state index in [1.807, 2.05) is 25.1 Å². The zero-order valence-corrected chi connectivity index (χ0v) is 8.86. The summed E-state index contributed by atoms with van der Waals surface area (Å²) >= 11 is 1.70. The summed E-state index contributed by atoms with van der Waals surface area (Å²) in [7, 11) is 0. The van der Waals surface area contributed by atoms with Crippen LogP contribution in [0.25, 0.3) is 0 Å². The Morgan fingerprint density at radius 2 is 2.23 bits per heavy atom. The Morgan fingerprint density at radius 3 is 2.85 bits per heavy atom. The molecule has 2 N–H and O–H groups in total. The first-order valence-electron chi connectivity index (χ1n) is 4.30. The van der Waals surface area contributed by atoms with Gasteiger partial charge in [-0.25, -0.2) is 0 Å². The van der Waals surface area contributed by atoms with E-state index in [1.165, 1.54) is 10.5 Å². The molecule has 1 rings (SSSR count). The van der Waals surface area contributed by atoms with Gasteiger partial charge in [-0.15, -0.1) is 0 Å². The minimum atomic E-state index is 0.710. The maximum absolute atomic E-state index is 5.64. The maximum atomic E-state index is 5.64. The molecule has 0 saturated heterocycles. The van der Waals surface area contributed by atoms with Gasteiger partial charge in [0, 0.05) is 17.2 Å². The van der Waals surface area contributed by atoms with E-state index in [2.05, 4.69) is 6.92 Å². The Kier molecular flexibility index (Phi) is 4.12. The lowest BCUT2D eigenvalue weighted by atomic mass is 10.2. The predicted octanol–water partition coefficient (Wildman–Crippen LogP) is 2.66. The SMILES string of the molecule is CCOCSc1ccc(N)cc1C. The molecule has 0 atom stereocenters. The highest BCUT2D eigenvalue weighted by molar-refractivity contribution is 7.99. The van der Waals surface area contributed by atoms with Gasteiger partial charge < -0.3 is 10.5 Å². The molecule has 0 aromatic heterocycles. The predicted molar refractivity (Wildman–Crippen MR) is 57.9 cm³/mol. The second-order valence-corrected chi connectivity index (χ2v) is 3.74. The Balaban J connectivity index is 2.56. The van der Waals surface area contributed by atoms with Crippen LogP contribution in [-0.2, 0) is 4.74 Å². The van der Waals surface area contributed by atoms with Gasteiger partial charge in [0.25, 0.3) is 0 Å². The summed E-state index contributed by atoms with van der Waals surface area (Å²) in [5.41, 5.74) is 7.67. The van der Waals surface area contributed by atoms with Gasteiger partial charge in [-0.3, -0.25) is 0 Å². The van der Waals surface area contributed by atoms with Gasteiger partial charge in [-0.2, -0.15) is 0 Å². The molecule has 0 heterocycles. The van der Waals surface area contributed by atoms with Crippen molar-refractivity contribution < 1.29 is 4.74 Å². The fourth-order valence-corrected chi connectivity index (χ4v) is 1.85. The fraction of sp³-hybridized carbons (Fsp3) is 0.400. The average Bonchev–Trinajstić information content (AvgIpc) is 2.09. The Bertz CT molecular complexity index is 276. The second-order valence-electron chi connectivity index (χ2n) is 2.78. The van der Waals surface area contributed by atoms with Crippen molar-refractivity contribution in [1.29, 1.82) is 0 Å². The molecule has 3 heteroatoms. The van der Waals surface area contributed by atoms with Crippen LogP contribution >= 0.6 is 11.8 Å². The molecule has 0 fully saturated rings.